The summed E-state index contributed by atoms with van der Waals surface area (Å²) >= 11 is 0. The molecule has 0 aromatic heterocycles. The van der Waals surface area contributed by atoms with Crippen LogP contribution in [0.1, 0.15) is 18.9 Å². The molecule has 0 fully saturated rings. The van der Waals surface area contributed by atoms with Crippen molar-refractivity contribution in [3.8, 4) is 22.3 Å². The summed E-state index contributed by atoms with van der Waals surface area (Å²) in [5.74, 6) is 0. The minimum atomic E-state index is -0.0720. The fourth-order valence-electron chi connectivity index (χ4n) is 8.49. The normalized spacial score (nSPS) is 15.5. The maximum Gasteiger partial charge on any atom is 0.0474 e. The van der Waals surface area contributed by atoms with E-state index in [-0.39, 0.29) is 5.41 Å². The molecule has 9 aromatic rings. The van der Waals surface area contributed by atoms with Crippen molar-refractivity contribution in [3.63, 3.8) is 0 Å². The maximum absolute atomic E-state index is 2.45. The third-order valence-electron chi connectivity index (χ3n) is 11.4. The molecule has 9 aromatic carbocycles. The van der Waals surface area contributed by atoms with Crippen LogP contribution in [-0.2, 0) is 5.41 Å². The lowest BCUT2D eigenvalue weighted by molar-refractivity contribution is 0.595. The predicted molar refractivity (Wildman–Crippen MR) is 232 cm³/mol. The molecule has 0 bridgehead atoms. The standard InChI is InChI=1S/C53H39N/c1-53(44-18-6-3-7-19-44)31-29-45(30-32-53)54(46-20-12-17-40(34-46)37-13-4-2-5-14-37)47-35-41-16-9-10-21-48(41)51(36-47)43-27-28-50-42(33-43)26-25-39-24-23-38-15-8-11-22-49(38)52(39)50/h2-31,33-36H,32H2,1H3. The van der Waals surface area contributed by atoms with Gasteiger partial charge in [-0.05, 0) is 114 Å². The summed E-state index contributed by atoms with van der Waals surface area (Å²) in [6.45, 7) is 2.34. The highest BCUT2D eigenvalue weighted by atomic mass is 15.1. The Hall–Kier alpha value is -6.70. The van der Waals surface area contributed by atoms with Crippen LogP contribution in [0.15, 0.2) is 212 Å². The van der Waals surface area contributed by atoms with Crippen LogP contribution in [-0.4, -0.2) is 0 Å². The van der Waals surface area contributed by atoms with Gasteiger partial charge in [-0.2, -0.15) is 0 Å². The highest BCUT2D eigenvalue weighted by Crippen LogP contribution is 2.43. The topological polar surface area (TPSA) is 3.24 Å². The van der Waals surface area contributed by atoms with Crippen molar-refractivity contribution >= 4 is 54.5 Å². The average molecular weight is 690 g/mol. The minimum absolute atomic E-state index is 0.0720. The number of rotatable bonds is 6. The summed E-state index contributed by atoms with van der Waals surface area (Å²) in [7, 11) is 0. The van der Waals surface area contributed by atoms with Crippen molar-refractivity contribution in [3.05, 3.63) is 218 Å². The van der Waals surface area contributed by atoms with E-state index in [1.54, 1.807) is 0 Å². The van der Waals surface area contributed by atoms with Crippen LogP contribution in [0.4, 0.5) is 11.4 Å². The maximum atomic E-state index is 2.45. The first-order valence-corrected chi connectivity index (χ1v) is 18.9. The first-order valence-electron chi connectivity index (χ1n) is 18.9. The first kappa shape index (κ1) is 32.0. The third-order valence-corrected chi connectivity index (χ3v) is 11.4. The number of nitrogens with zero attached hydrogens (tertiary/aromatic N) is 1. The Bertz CT molecular complexity index is 2920. The number of fused-ring (bicyclic) bond motifs is 6. The van der Waals surface area contributed by atoms with Crippen LogP contribution in [0.2, 0.25) is 0 Å². The number of hydrogen-bond donors (Lipinski definition) is 0. The van der Waals surface area contributed by atoms with Crippen LogP contribution in [0, 0.1) is 0 Å². The van der Waals surface area contributed by atoms with Crippen LogP contribution >= 0.6 is 0 Å². The number of allylic oxidation sites excluding steroid dienone is 3. The van der Waals surface area contributed by atoms with Gasteiger partial charge in [0.05, 0.1) is 0 Å². The van der Waals surface area contributed by atoms with Gasteiger partial charge in [-0.3, -0.25) is 0 Å². The molecular formula is C53H39N. The van der Waals surface area contributed by atoms with Crippen molar-refractivity contribution in [1.29, 1.82) is 0 Å². The quantitative estimate of drug-likeness (QED) is 0.157. The zero-order valence-electron chi connectivity index (χ0n) is 30.3. The molecule has 0 aliphatic heterocycles. The monoisotopic (exact) mass is 689 g/mol. The van der Waals surface area contributed by atoms with Gasteiger partial charge < -0.3 is 4.90 Å². The molecule has 0 radical (unpaired) electrons. The van der Waals surface area contributed by atoms with Gasteiger partial charge in [0.1, 0.15) is 0 Å². The molecule has 0 heterocycles. The Kier molecular flexibility index (Phi) is 7.74. The fraction of sp³-hybridized carbons (Fsp3) is 0.0566. The lowest BCUT2D eigenvalue weighted by atomic mass is 9.77. The second kappa shape index (κ2) is 13.1. The zero-order valence-corrected chi connectivity index (χ0v) is 30.3. The zero-order chi connectivity index (χ0) is 36.1. The summed E-state index contributed by atoms with van der Waals surface area (Å²) in [5.41, 5.74) is 9.54. The summed E-state index contributed by atoms with van der Waals surface area (Å²) in [6.07, 6.45) is 8.05. The molecule has 10 rings (SSSR count). The largest absolute Gasteiger partial charge is 0.311 e. The first-order chi connectivity index (χ1) is 26.6. The minimum Gasteiger partial charge on any atom is -0.311 e. The molecule has 1 nitrogen and oxygen atoms in total. The predicted octanol–water partition coefficient (Wildman–Crippen LogP) is 14.6. The molecule has 1 unspecified atom stereocenters. The average Bonchev–Trinajstić information content (AvgIpc) is 3.24. The second-order valence-corrected chi connectivity index (χ2v) is 14.8. The van der Waals surface area contributed by atoms with Crippen molar-refractivity contribution in [2.45, 2.75) is 18.8 Å². The lowest BCUT2D eigenvalue weighted by Gasteiger charge is -2.34. The molecule has 54 heavy (non-hydrogen) atoms. The Morgan fingerprint density at radius 3 is 1.89 bits per heavy atom. The van der Waals surface area contributed by atoms with Crippen molar-refractivity contribution < 1.29 is 0 Å². The van der Waals surface area contributed by atoms with Crippen molar-refractivity contribution in [2.75, 3.05) is 4.90 Å². The van der Waals surface area contributed by atoms with Crippen LogP contribution < -0.4 is 4.90 Å². The second-order valence-electron chi connectivity index (χ2n) is 14.8. The molecule has 0 saturated heterocycles. The molecule has 1 aliphatic rings. The van der Waals surface area contributed by atoms with Gasteiger partial charge in [0.15, 0.2) is 0 Å². The van der Waals surface area contributed by atoms with E-state index in [1.807, 2.05) is 0 Å². The Labute approximate surface area is 316 Å². The van der Waals surface area contributed by atoms with Crippen LogP contribution in [0.5, 0.6) is 0 Å². The van der Waals surface area contributed by atoms with E-state index in [9.17, 15) is 0 Å². The molecule has 1 aliphatic carbocycles. The number of anilines is 2. The van der Waals surface area contributed by atoms with E-state index in [0.29, 0.717) is 0 Å². The molecule has 0 saturated carbocycles. The Balaban J connectivity index is 1.15. The molecular weight excluding hydrogens is 651 g/mol. The summed E-state index contributed by atoms with van der Waals surface area (Å²) in [4.78, 5) is 2.45. The van der Waals surface area contributed by atoms with Crippen LogP contribution in [0.25, 0.3) is 65.3 Å². The van der Waals surface area contributed by atoms with E-state index >= 15 is 0 Å². The van der Waals surface area contributed by atoms with Gasteiger partial charge in [0, 0.05) is 22.5 Å². The molecule has 256 valence electrons. The van der Waals surface area contributed by atoms with Crippen molar-refractivity contribution in [2.24, 2.45) is 0 Å². The van der Waals surface area contributed by atoms with Gasteiger partial charge in [-0.25, -0.2) is 0 Å². The van der Waals surface area contributed by atoms with Crippen molar-refractivity contribution in [1.82, 2.24) is 0 Å². The molecule has 1 atom stereocenters. The number of benzene rings is 9. The van der Waals surface area contributed by atoms with E-state index in [2.05, 4.69) is 218 Å². The fourth-order valence-corrected chi connectivity index (χ4v) is 8.49. The van der Waals surface area contributed by atoms with Gasteiger partial charge in [0.2, 0.25) is 0 Å². The van der Waals surface area contributed by atoms with Gasteiger partial charge in [-0.15, -0.1) is 0 Å². The molecule has 0 amide bonds. The van der Waals surface area contributed by atoms with E-state index < -0.39 is 0 Å². The Morgan fingerprint density at radius 2 is 1.09 bits per heavy atom. The third kappa shape index (κ3) is 5.57. The van der Waals surface area contributed by atoms with Gasteiger partial charge in [-0.1, -0.05) is 177 Å². The molecule has 0 spiro atoms. The molecule has 1 heteroatoms. The summed E-state index contributed by atoms with van der Waals surface area (Å²) < 4.78 is 0. The van der Waals surface area contributed by atoms with E-state index in [1.165, 1.54) is 76.6 Å². The highest BCUT2D eigenvalue weighted by Gasteiger charge is 2.27. The van der Waals surface area contributed by atoms with Gasteiger partial charge >= 0.3 is 0 Å². The number of hydrogen-bond acceptors (Lipinski definition) is 1. The lowest BCUT2D eigenvalue weighted by Crippen LogP contribution is -2.24. The van der Waals surface area contributed by atoms with Gasteiger partial charge in [0.25, 0.3) is 0 Å². The van der Waals surface area contributed by atoms with E-state index in [4.69, 9.17) is 0 Å². The van der Waals surface area contributed by atoms with E-state index in [0.717, 1.165) is 17.8 Å². The SMILES string of the molecule is CC1(c2ccccc2)C=CC(N(c2cccc(-c3ccccc3)c2)c2cc(-c3ccc4c(ccc5ccc6ccccc6c54)c3)c3ccccc3c2)=CC1. The smallest absolute Gasteiger partial charge is 0.0474 e. The summed E-state index contributed by atoms with van der Waals surface area (Å²) in [5, 5.41) is 10.1. The van der Waals surface area contributed by atoms with Crippen LogP contribution in [0.3, 0.4) is 0 Å². The molecule has 0 N–H and O–H groups in total. The Morgan fingerprint density at radius 1 is 0.444 bits per heavy atom. The summed E-state index contributed by atoms with van der Waals surface area (Å²) in [6, 6.07) is 68.9. The highest BCUT2D eigenvalue weighted by molar-refractivity contribution is 6.20.